The summed E-state index contributed by atoms with van der Waals surface area (Å²) in [5.41, 5.74) is 0.472. The van der Waals surface area contributed by atoms with Gasteiger partial charge in [-0.05, 0) is 44.3 Å². The highest BCUT2D eigenvalue weighted by Crippen LogP contribution is 2.31. The smallest absolute Gasteiger partial charge is 0.291 e. The van der Waals surface area contributed by atoms with Crippen molar-refractivity contribution in [2.24, 2.45) is 5.92 Å². The van der Waals surface area contributed by atoms with E-state index in [1.165, 1.54) is 25.7 Å². The predicted octanol–water partition coefficient (Wildman–Crippen LogP) is 3.39. The predicted molar refractivity (Wildman–Crippen MR) is 89.4 cm³/mol. The van der Waals surface area contributed by atoms with Gasteiger partial charge in [0.1, 0.15) is 5.69 Å². The number of anilines is 1. The second-order valence-corrected chi connectivity index (χ2v) is 7.71. The van der Waals surface area contributed by atoms with Crippen molar-refractivity contribution in [1.82, 2.24) is 9.78 Å². The summed E-state index contributed by atoms with van der Waals surface area (Å²) in [4.78, 5) is 12.6. The molecule has 2 aliphatic rings. The number of nitrogens with one attached hydrogen (secondary N) is 1. The average Bonchev–Trinajstić information content (AvgIpc) is 2.88. The molecule has 2 unspecified atom stereocenters. The van der Waals surface area contributed by atoms with E-state index in [0.29, 0.717) is 27.9 Å². The number of hydrogen-bond donors (Lipinski definition) is 1. The Morgan fingerprint density at radius 1 is 1.43 bits per heavy atom. The molecular weight excluding hydrogens is 306 g/mol. The zero-order chi connectivity index (χ0) is 14.8. The van der Waals surface area contributed by atoms with Gasteiger partial charge in [0, 0.05) is 17.8 Å². The highest BCUT2D eigenvalue weighted by Gasteiger charge is 2.26. The van der Waals surface area contributed by atoms with Gasteiger partial charge in [0.05, 0.1) is 11.2 Å². The van der Waals surface area contributed by atoms with Crippen LogP contribution < -0.4 is 10.9 Å². The third-order valence-electron chi connectivity index (χ3n) is 4.72. The fourth-order valence-corrected chi connectivity index (χ4v) is 4.11. The van der Waals surface area contributed by atoms with Gasteiger partial charge in [-0.3, -0.25) is 4.79 Å². The van der Waals surface area contributed by atoms with Gasteiger partial charge in [-0.2, -0.15) is 16.9 Å². The van der Waals surface area contributed by atoms with Crippen molar-refractivity contribution in [2.45, 2.75) is 56.4 Å². The van der Waals surface area contributed by atoms with E-state index in [1.54, 1.807) is 10.9 Å². The van der Waals surface area contributed by atoms with E-state index in [0.717, 1.165) is 19.4 Å². The molecule has 1 aromatic heterocycles. The van der Waals surface area contributed by atoms with Crippen molar-refractivity contribution in [3.63, 3.8) is 0 Å². The highest BCUT2D eigenvalue weighted by atomic mass is 35.5. The minimum atomic E-state index is -0.0676. The number of rotatable bonds is 5. The average molecular weight is 328 g/mol. The first-order valence-corrected chi connectivity index (χ1v) is 9.39. The zero-order valence-electron chi connectivity index (χ0n) is 12.3. The van der Waals surface area contributed by atoms with Gasteiger partial charge in [-0.1, -0.05) is 18.0 Å². The quantitative estimate of drug-likeness (QED) is 0.900. The van der Waals surface area contributed by atoms with Crippen LogP contribution in [-0.2, 0) is 6.54 Å². The van der Waals surface area contributed by atoms with Crippen LogP contribution in [0.3, 0.4) is 0 Å². The fourth-order valence-electron chi connectivity index (χ4n) is 3.14. The highest BCUT2D eigenvalue weighted by molar-refractivity contribution is 7.99. The molecule has 0 bridgehead atoms. The zero-order valence-corrected chi connectivity index (χ0v) is 13.9. The Balaban J connectivity index is 1.74. The van der Waals surface area contributed by atoms with Crippen LogP contribution in [0.5, 0.6) is 0 Å². The van der Waals surface area contributed by atoms with Crippen molar-refractivity contribution < 1.29 is 0 Å². The number of hydrogen-bond acceptors (Lipinski definition) is 4. The number of halogens is 1. The SMILES string of the molecule is CSC1CCC(Nc2c(Cl)cnn(CC3CCC3)c2=O)C1. The van der Waals surface area contributed by atoms with Gasteiger partial charge in [0.25, 0.3) is 5.56 Å². The molecule has 4 nitrogen and oxygen atoms in total. The fraction of sp³-hybridized carbons (Fsp3) is 0.733. The molecule has 1 N–H and O–H groups in total. The molecule has 3 rings (SSSR count). The van der Waals surface area contributed by atoms with Gasteiger partial charge in [-0.15, -0.1) is 0 Å². The molecule has 2 aliphatic carbocycles. The molecule has 0 saturated heterocycles. The first-order chi connectivity index (χ1) is 10.2. The summed E-state index contributed by atoms with van der Waals surface area (Å²) in [7, 11) is 0. The minimum absolute atomic E-state index is 0.0676. The lowest BCUT2D eigenvalue weighted by Crippen LogP contribution is -2.32. The Hall–Kier alpha value is -0.680. The summed E-state index contributed by atoms with van der Waals surface area (Å²) in [6, 6.07) is 0.354. The Bertz CT molecular complexity index is 558. The molecule has 2 atom stereocenters. The first kappa shape index (κ1) is 15.2. The molecule has 1 aromatic rings. The van der Waals surface area contributed by atoms with Gasteiger partial charge in [0.2, 0.25) is 0 Å². The summed E-state index contributed by atoms with van der Waals surface area (Å²) < 4.78 is 1.58. The summed E-state index contributed by atoms with van der Waals surface area (Å²) in [6.07, 6.45) is 10.8. The van der Waals surface area contributed by atoms with Crippen molar-refractivity contribution in [2.75, 3.05) is 11.6 Å². The minimum Gasteiger partial charge on any atom is -0.376 e. The van der Waals surface area contributed by atoms with Crippen LogP contribution in [0, 0.1) is 5.92 Å². The van der Waals surface area contributed by atoms with Crippen LogP contribution >= 0.6 is 23.4 Å². The maximum atomic E-state index is 12.6. The van der Waals surface area contributed by atoms with Crippen LogP contribution in [0.1, 0.15) is 38.5 Å². The molecule has 0 aliphatic heterocycles. The van der Waals surface area contributed by atoms with Crippen molar-refractivity contribution in [3.05, 3.63) is 21.6 Å². The largest absolute Gasteiger partial charge is 0.376 e. The van der Waals surface area contributed by atoms with Crippen LogP contribution in [0.15, 0.2) is 11.0 Å². The van der Waals surface area contributed by atoms with E-state index < -0.39 is 0 Å². The lowest BCUT2D eigenvalue weighted by Gasteiger charge is -2.25. The van der Waals surface area contributed by atoms with Crippen LogP contribution in [0.2, 0.25) is 5.02 Å². The van der Waals surface area contributed by atoms with E-state index in [1.807, 2.05) is 11.8 Å². The molecule has 2 saturated carbocycles. The second-order valence-electron chi connectivity index (χ2n) is 6.16. The standard InChI is InChI=1S/C15H22ClN3OS/c1-21-12-6-5-11(7-12)18-14-13(16)8-17-19(15(14)20)9-10-3-2-4-10/h8,10-12,18H,2-7,9H2,1H3. The lowest BCUT2D eigenvalue weighted by molar-refractivity contribution is 0.262. The lowest BCUT2D eigenvalue weighted by atomic mass is 9.85. The number of aromatic nitrogens is 2. The van der Waals surface area contributed by atoms with E-state index in [2.05, 4.69) is 16.7 Å². The molecule has 0 radical (unpaired) electrons. The van der Waals surface area contributed by atoms with Gasteiger partial charge < -0.3 is 5.32 Å². The van der Waals surface area contributed by atoms with Crippen molar-refractivity contribution in [1.29, 1.82) is 0 Å². The van der Waals surface area contributed by atoms with Crippen LogP contribution in [-0.4, -0.2) is 27.3 Å². The third-order valence-corrected chi connectivity index (χ3v) is 6.10. The van der Waals surface area contributed by atoms with Crippen LogP contribution in [0.4, 0.5) is 5.69 Å². The second kappa shape index (κ2) is 6.61. The van der Waals surface area contributed by atoms with Crippen LogP contribution in [0.25, 0.3) is 0 Å². The van der Waals surface area contributed by atoms with E-state index in [4.69, 9.17) is 11.6 Å². The molecule has 0 spiro atoms. The molecular formula is C15H22ClN3OS. The summed E-state index contributed by atoms with van der Waals surface area (Å²) >= 11 is 8.10. The Kier molecular flexibility index (Phi) is 4.79. The number of thioether (sulfide) groups is 1. The summed E-state index contributed by atoms with van der Waals surface area (Å²) in [6.45, 7) is 0.725. The Morgan fingerprint density at radius 2 is 2.24 bits per heavy atom. The normalized spacial score (nSPS) is 25.8. The Labute approximate surface area is 134 Å². The maximum absolute atomic E-state index is 12.6. The van der Waals surface area contributed by atoms with Gasteiger partial charge in [0.15, 0.2) is 0 Å². The van der Waals surface area contributed by atoms with E-state index >= 15 is 0 Å². The maximum Gasteiger partial charge on any atom is 0.291 e. The molecule has 116 valence electrons. The summed E-state index contributed by atoms with van der Waals surface area (Å²) in [5.74, 6) is 0.608. The topological polar surface area (TPSA) is 46.9 Å². The molecule has 6 heteroatoms. The number of nitrogens with zero attached hydrogens (tertiary/aromatic N) is 2. The van der Waals surface area contributed by atoms with Gasteiger partial charge in [-0.25, -0.2) is 4.68 Å². The monoisotopic (exact) mass is 327 g/mol. The molecule has 0 amide bonds. The van der Waals surface area contributed by atoms with E-state index in [-0.39, 0.29) is 5.56 Å². The van der Waals surface area contributed by atoms with Crippen molar-refractivity contribution in [3.8, 4) is 0 Å². The molecule has 2 fully saturated rings. The van der Waals surface area contributed by atoms with Crippen molar-refractivity contribution >= 4 is 29.1 Å². The van der Waals surface area contributed by atoms with E-state index in [9.17, 15) is 4.79 Å². The molecule has 21 heavy (non-hydrogen) atoms. The third kappa shape index (κ3) is 3.39. The molecule has 0 aromatic carbocycles. The Morgan fingerprint density at radius 3 is 2.86 bits per heavy atom. The molecule has 1 heterocycles. The summed E-state index contributed by atoms with van der Waals surface area (Å²) in [5, 5.41) is 8.70. The first-order valence-electron chi connectivity index (χ1n) is 7.72. The van der Waals surface area contributed by atoms with Gasteiger partial charge >= 0.3 is 0 Å².